The molecule has 0 unspecified atom stereocenters. The Balaban J connectivity index is 1.78. The Morgan fingerprint density at radius 3 is 2.27 bits per heavy atom. The van der Waals surface area contributed by atoms with Gasteiger partial charge in [0.15, 0.2) is 15.7 Å². The highest BCUT2D eigenvalue weighted by Gasteiger charge is 2.07. The standard InChI is InChI=1S/C16H15N3O2S/c1-22(20,21)15-9-7-13(8-10-15)17-16-11-12-19(18-16)14-5-3-2-4-6-14/h2-12H,1H3,(H,17,18). The SMILES string of the molecule is CS(=O)(=O)c1ccc(Nc2ccn(-c3ccccc3)n2)cc1. The van der Waals surface area contributed by atoms with Crippen molar-refractivity contribution in [3.05, 3.63) is 66.9 Å². The summed E-state index contributed by atoms with van der Waals surface area (Å²) in [7, 11) is -3.17. The first kappa shape index (κ1) is 14.3. The molecule has 1 heterocycles. The number of hydrogen-bond donors (Lipinski definition) is 1. The van der Waals surface area contributed by atoms with Gasteiger partial charge in [0.1, 0.15) is 0 Å². The first-order valence-corrected chi connectivity index (χ1v) is 8.60. The van der Waals surface area contributed by atoms with Crippen LogP contribution in [0, 0.1) is 0 Å². The second kappa shape index (κ2) is 5.65. The largest absolute Gasteiger partial charge is 0.339 e. The summed E-state index contributed by atoms with van der Waals surface area (Å²) in [6.45, 7) is 0. The molecule has 2 aromatic carbocycles. The molecule has 0 amide bonds. The van der Waals surface area contributed by atoms with Crippen LogP contribution in [0.25, 0.3) is 5.69 Å². The number of nitrogens with one attached hydrogen (secondary N) is 1. The number of aromatic nitrogens is 2. The van der Waals surface area contributed by atoms with Gasteiger partial charge in [-0.2, -0.15) is 5.10 Å². The van der Waals surface area contributed by atoms with E-state index >= 15 is 0 Å². The van der Waals surface area contributed by atoms with Crippen molar-refractivity contribution >= 4 is 21.3 Å². The second-order valence-electron chi connectivity index (χ2n) is 4.90. The molecular formula is C16H15N3O2S. The molecule has 1 aromatic heterocycles. The van der Waals surface area contributed by atoms with Gasteiger partial charge in [0.2, 0.25) is 0 Å². The summed E-state index contributed by atoms with van der Waals surface area (Å²) in [5, 5.41) is 7.58. The monoisotopic (exact) mass is 313 g/mol. The van der Waals surface area contributed by atoms with Gasteiger partial charge in [0.25, 0.3) is 0 Å². The summed E-state index contributed by atoms with van der Waals surface area (Å²) in [4.78, 5) is 0.299. The molecule has 1 N–H and O–H groups in total. The molecular weight excluding hydrogens is 298 g/mol. The molecule has 0 radical (unpaired) electrons. The van der Waals surface area contributed by atoms with Gasteiger partial charge in [-0.15, -0.1) is 0 Å². The summed E-state index contributed by atoms with van der Waals surface area (Å²) >= 11 is 0. The molecule has 0 fully saturated rings. The van der Waals surface area contributed by atoms with Crippen LogP contribution in [0.1, 0.15) is 0 Å². The maximum absolute atomic E-state index is 11.4. The minimum Gasteiger partial charge on any atom is -0.339 e. The molecule has 3 aromatic rings. The van der Waals surface area contributed by atoms with Crippen molar-refractivity contribution < 1.29 is 8.42 Å². The van der Waals surface area contributed by atoms with Crippen molar-refractivity contribution in [1.82, 2.24) is 9.78 Å². The van der Waals surface area contributed by atoms with Gasteiger partial charge < -0.3 is 5.32 Å². The van der Waals surface area contributed by atoms with Crippen LogP contribution in [0.3, 0.4) is 0 Å². The van der Waals surface area contributed by atoms with Gasteiger partial charge >= 0.3 is 0 Å². The lowest BCUT2D eigenvalue weighted by Crippen LogP contribution is -1.98. The molecule has 22 heavy (non-hydrogen) atoms. The number of nitrogens with zero attached hydrogens (tertiary/aromatic N) is 2. The smallest absolute Gasteiger partial charge is 0.175 e. The first-order valence-electron chi connectivity index (χ1n) is 6.71. The van der Waals surface area contributed by atoms with E-state index in [4.69, 9.17) is 0 Å². The van der Waals surface area contributed by atoms with Crippen molar-refractivity contribution in [2.45, 2.75) is 4.90 Å². The van der Waals surface area contributed by atoms with Crippen LogP contribution in [0.4, 0.5) is 11.5 Å². The first-order chi connectivity index (χ1) is 10.5. The molecule has 0 saturated carbocycles. The fourth-order valence-corrected chi connectivity index (χ4v) is 2.68. The second-order valence-corrected chi connectivity index (χ2v) is 6.92. The number of para-hydroxylation sites is 1. The van der Waals surface area contributed by atoms with Crippen molar-refractivity contribution in [3.8, 4) is 5.69 Å². The van der Waals surface area contributed by atoms with Gasteiger partial charge in [-0.05, 0) is 36.4 Å². The minimum absolute atomic E-state index is 0.299. The zero-order valence-electron chi connectivity index (χ0n) is 12.0. The molecule has 5 nitrogen and oxygen atoms in total. The molecule has 0 spiro atoms. The van der Waals surface area contributed by atoms with E-state index in [-0.39, 0.29) is 0 Å². The van der Waals surface area contributed by atoms with Gasteiger partial charge in [0.05, 0.1) is 10.6 Å². The third kappa shape index (κ3) is 3.17. The highest BCUT2D eigenvalue weighted by atomic mass is 32.2. The lowest BCUT2D eigenvalue weighted by Gasteiger charge is -2.04. The minimum atomic E-state index is -3.17. The summed E-state index contributed by atoms with van der Waals surface area (Å²) in [5.41, 5.74) is 1.76. The average Bonchev–Trinajstić information content (AvgIpc) is 2.96. The molecule has 0 aliphatic heterocycles. The molecule has 0 aliphatic rings. The van der Waals surface area contributed by atoms with E-state index in [2.05, 4.69) is 10.4 Å². The highest BCUT2D eigenvalue weighted by molar-refractivity contribution is 7.90. The van der Waals surface area contributed by atoms with E-state index < -0.39 is 9.84 Å². The Labute approximate surface area is 129 Å². The van der Waals surface area contributed by atoms with Crippen molar-refractivity contribution in [2.24, 2.45) is 0 Å². The molecule has 3 rings (SSSR count). The summed E-state index contributed by atoms with van der Waals surface area (Å²) < 4.78 is 24.6. The van der Waals surface area contributed by atoms with E-state index in [1.165, 1.54) is 6.26 Å². The summed E-state index contributed by atoms with van der Waals surface area (Å²) in [6, 6.07) is 18.2. The predicted molar refractivity (Wildman–Crippen MR) is 86.4 cm³/mol. The number of anilines is 2. The Morgan fingerprint density at radius 2 is 1.64 bits per heavy atom. The van der Waals surface area contributed by atoms with E-state index in [1.54, 1.807) is 28.9 Å². The zero-order chi connectivity index (χ0) is 15.6. The molecule has 0 bridgehead atoms. The molecule has 0 aliphatic carbocycles. The fourth-order valence-electron chi connectivity index (χ4n) is 2.05. The van der Waals surface area contributed by atoms with Crippen LogP contribution in [0.2, 0.25) is 0 Å². The summed E-state index contributed by atoms with van der Waals surface area (Å²) in [6.07, 6.45) is 3.06. The van der Waals surface area contributed by atoms with Crippen LogP contribution in [0.15, 0.2) is 71.8 Å². The quantitative estimate of drug-likeness (QED) is 0.804. The normalized spacial score (nSPS) is 11.3. The van der Waals surface area contributed by atoms with E-state index in [0.29, 0.717) is 10.7 Å². The maximum Gasteiger partial charge on any atom is 0.175 e. The Morgan fingerprint density at radius 1 is 0.955 bits per heavy atom. The number of benzene rings is 2. The number of rotatable bonds is 4. The third-order valence-electron chi connectivity index (χ3n) is 3.16. The summed E-state index contributed by atoms with van der Waals surface area (Å²) in [5.74, 6) is 0.691. The Bertz CT molecular complexity index is 869. The van der Waals surface area contributed by atoms with E-state index in [9.17, 15) is 8.42 Å². The zero-order valence-corrected chi connectivity index (χ0v) is 12.8. The van der Waals surface area contributed by atoms with Gasteiger partial charge in [0, 0.05) is 24.2 Å². The van der Waals surface area contributed by atoms with Crippen LogP contribution in [-0.4, -0.2) is 24.5 Å². The van der Waals surface area contributed by atoms with Crippen LogP contribution < -0.4 is 5.32 Å². The van der Waals surface area contributed by atoms with Crippen molar-refractivity contribution in [1.29, 1.82) is 0 Å². The van der Waals surface area contributed by atoms with Crippen LogP contribution in [0.5, 0.6) is 0 Å². The van der Waals surface area contributed by atoms with Crippen LogP contribution >= 0.6 is 0 Å². The van der Waals surface area contributed by atoms with Gasteiger partial charge in [-0.1, -0.05) is 18.2 Å². The third-order valence-corrected chi connectivity index (χ3v) is 4.29. The van der Waals surface area contributed by atoms with E-state index in [1.807, 2.05) is 42.6 Å². The maximum atomic E-state index is 11.4. The highest BCUT2D eigenvalue weighted by Crippen LogP contribution is 2.18. The van der Waals surface area contributed by atoms with Crippen molar-refractivity contribution in [3.63, 3.8) is 0 Å². The topological polar surface area (TPSA) is 64.0 Å². The van der Waals surface area contributed by atoms with Crippen molar-refractivity contribution in [2.75, 3.05) is 11.6 Å². The lowest BCUT2D eigenvalue weighted by atomic mass is 10.3. The number of hydrogen-bond acceptors (Lipinski definition) is 4. The average molecular weight is 313 g/mol. The number of sulfone groups is 1. The lowest BCUT2D eigenvalue weighted by molar-refractivity contribution is 0.602. The Kier molecular flexibility index (Phi) is 3.68. The van der Waals surface area contributed by atoms with Gasteiger partial charge in [-0.3, -0.25) is 0 Å². The molecule has 6 heteroatoms. The van der Waals surface area contributed by atoms with E-state index in [0.717, 1.165) is 11.4 Å². The fraction of sp³-hybridized carbons (Fsp3) is 0.0625. The predicted octanol–water partition coefficient (Wildman–Crippen LogP) is 3.02. The van der Waals surface area contributed by atoms with Crippen LogP contribution in [-0.2, 0) is 9.84 Å². The molecule has 0 atom stereocenters. The Hall–Kier alpha value is -2.60. The molecule has 112 valence electrons. The van der Waals surface area contributed by atoms with Gasteiger partial charge in [-0.25, -0.2) is 13.1 Å². The molecule has 0 saturated heterocycles.